The molecule has 0 amide bonds. The highest BCUT2D eigenvalue weighted by Crippen LogP contribution is 1.99. The summed E-state index contributed by atoms with van der Waals surface area (Å²) in [4.78, 5) is 0. The molecule has 0 aliphatic rings. The number of hydrogen-bond donors (Lipinski definition) is 2. The molecule has 1 aromatic heterocycles. The van der Waals surface area contributed by atoms with E-state index in [1.807, 2.05) is 6.07 Å². The molecule has 0 fully saturated rings. The third-order valence-corrected chi connectivity index (χ3v) is 4.21. The maximum atomic E-state index is 11.5. The van der Waals surface area contributed by atoms with Crippen LogP contribution in [-0.2, 0) is 23.5 Å². The van der Waals surface area contributed by atoms with Gasteiger partial charge in [-0.2, -0.15) is 5.10 Å². The van der Waals surface area contributed by atoms with Crippen LogP contribution in [0.5, 0.6) is 0 Å². The van der Waals surface area contributed by atoms with Crippen molar-refractivity contribution in [2.24, 2.45) is 7.05 Å². The molecule has 1 heterocycles. The molecular formula is C9H17N3O3S. The Morgan fingerprint density at radius 1 is 1.62 bits per heavy atom. The van der Waals surface area contributed by atoms with Gasteiger partial charge in [-0.25, -0.2) is 13.1 Å². The number of hydrogen-bond acceptors (Lipinski definition) is 4. The Morgan fingerprint density at radius 2 is 2.31 bits per heavy atom. The molecule has 7 heteroatoms. The van der Waals surface area contributed by atoms with E-state index < -0.39 is 15.3 Å². The molecule has 0 aliphatic carbocycles. The van der Waals surface area contributed by atoms with Crippen LogP contribution in [0.3, 0.4) is 0 Å². The first-order valence-corrected chi connectivity index (χ1v) is 6.58. The van der Waals surface area contributed by atoms with E-state index in [-0.39, 0.29) is 6.61 Å². The summed E-state index contributed by atoms with van der Waals surface area (Å²) in [6, 6.07) is 1.84. The predicted octanol–water partition coefficient (Wildman–Crippen LogP) is -0.737. The predicted molar refractivity (Wildman–Crippen MR) is 60.4 cm³/mol. The van der Waals surface area contributed by atoms with E-state index in [9.17, 15) is 8.42 Å². The number of nitrogens with zero attached hydrogens (tertiary/aromatic N) is 2. The van der Waals surface area contributed by atoms with Gasteiger partial charge >= 0.3 is 0 Å². The van der Waals surface area contributed by atoms with Crippen molar-refractivity contribution < 1.29 is 13.5 Å². The smallest absolute Gasteiger partial charge is 0.216 e. The summed E-state index contributed by atoms with van der Waals surface area (Å²) in [6.45, 7) is 1.40. The summed E-state index contributed by atoms with van der Waals surface area (Å²) in [5.41, 5.74) is 0.958. The number of aliphatic hydroxyl groups excluding tert-OH is 1. The molecule has 1 aromatic rings. The van der Waals surface area contributed by atoms with Crippen molar-refractivity contribution in [2.75, 3.05) is 13.2 Å². The molecule has 1 unspecified atom stereocenters. The van der Waals surface area contributed by atoms with Crippen molar-refractivity contribution in [3.63, 3.8) is 0 Å². The summed E-state index contributed by atoms with van der Waals surface area (Å²) in [5.74, 6) is 0. The van der Waals surface area contributed by atoms with Crippen molar-refractivity contribution in [3.05, 3.63) is 18.0 Å². The van der Waals surface area contributed by atoms with Gasteiger partial charge in [-0.3, -0.25) is 4.68 Å². The number of sulfonamides is 1. The summed E-state index contributed by atoms with van der Waals surface area (Å²) in [6.07, 6.45) is 2.24. The minimum atomic E-state index is -3.41. The second-order valence-electron chi connectivity index (χ2n) is 3.63. The van der Waals surface area contributed by atoms with Gasteiger partial charge < -0.3 is 5.11 Å². The fourth-order valence-corrected chi connectivity index (χ4v) is 2.08. The van der Waals surface area contributed by atoms with E-state index in [2.05, 4.69) is 9.82 Å². The second-order valence-corrected chi connectivity index (χ2v) is 5.81. The van der Waals surface area contributed by atoms with Gasteiger partial charge in [0.1, 0.15) is 0 Å². The average Bonchev–Trinajstić information content (AvgIpc) is 2.63. The Morgan fingerprint density at radius 3 is 2.81 bits per heavy atom. The van der Waals surface area contributed by atoms with Crippen LogP contribution in [0.1, 0.15) is 12.6 Å². The van der Waals surface area contributed by atoms with Crippen LogP contribution in [0.4, 0.5) is 0 Å². The SMILES string of the molecule is CC(CO)S(=O)(=O)NCCc1ccnn1C. The molecule has 1 rings (SSSR count). The molecule has 0 aliphatic heterocycles. The van der Waals surface area contributed by atoms with E-state index in [1.165, 1.54) is 6.92 Å². The summed E-state index contributed by atoms with van der Waals surface area (Å²) in [5, 5.41) is 12.0. The molecule has 1 atom stereocenters. The van der Waals surface area contributed by atoms with Crippen LogP contribution in [0, 0.1) is 0 Å². The molecule has 92 valence electrons. The largest absolute Gasteiger partial charge is 0.395 e. The van der Waals surface area contributed by atoms with Gasteiger partial charge in [0.05, 0.1) is 11.9 Å². The van der Waals surface area contributed by atoms with E-state index in [1.54, 1.807) is 17.9 Å². The molecule has 0 radical (unpaired) electrons. The van der Waals surface area contributed by atoms with Gasteiger partial charge in [0, 0.05) is 31.9 Å². The fourth-order valence-electron chi connectivity index (χ4n) is 1.21. The zero-order valence-electron chi connectivity index (χ0n) is 9.42. The fraction of sp³-hybridized carbons (Fsp3) is 0.667. The maximum Gasteiger partial charge on any atom is 0.216 e. The van der Waals surface area contributed by atoms with Gasteiger partial charge in [-0.1, -0.05) is 0 Å². The first-order chi connectivity index (χ1) is 7.47. The average molecular weight is 247 g/mol. The zero-order chi connectivity index (χ0) is 12.2. The highest BCUT2D eigenvalue weighted by atomic mass is 32.2. The van der Waals surface area contributed by atoms with Crippen molar-refractivity contribution in [2.45, 2.75) is 18.6 Å². The van der Waals surface area contributed by atoms with E-state index in [0.29, 0.717) is 13.0 Å². The van der Waals surface area contributed by atoms with Crippen LogP contribution in [0.25, 0.3) is 0 Å². The second kappa shape index (κ2) is 5.42. The lowest BCUT2D eigenvalue weighted by Gasteiger charge is -2.11. The van der Waals surface area contributed by atoms with Crippen LogP contribution < -0.4 is 4.72 Å². The van der Waals surface area contributed by atoms with Gasteiger partial charge in [0.15, 0.2) is 0 Å². The van der Waals surface area contributed by atoms with Crippen LogP contribution in [0.2, 0.25) is 0 Å². The van der Waals surface area contributed by atoms with Crippen LogP contribution in [0.15, 0.2) is 12.3 Å². The summed E-state index contributed by atoms with van der Waals surface area (Å²) in [7, 11) is -1.60. The molecule has 0 aromatic carbocycles. The lowest BCUT2D eigenvalue weighted by atomic mass is 10.3. The minimum Gasteiger partial charge on any atom is -0.395 e. The van der Waals surface area contributed by atoms with E-state index >= 15 is 0 Å². The standard InChI is InChI=1S/C9H17N3O3S/c1-8(7-13)16(14,15)11-6-4-9-3-5-10-12(9)2/h3,5,8,11,13H,4,6-7H2,1-2H3. The Hall–Kier alpha value is -0.920. The Balaban J connectivity index is 2.45. The Bertz CT molecular complexity index is 427. The molecule has 0 spiro atoms. The van der Waals surface area contributed by atoms with Gasteiger partial charge in [0.2, 0.25) is 10.0 Å². The van der Waals surface area contributed by atoms with Gasteiger partial charge in [-0.05, 0) is 13.0 Å². The maximum absolute atomic E-state index is 11.5. The molecule has 6 nitrogen and oxygen atoms in total. The lowest BCUT2D eigenvalue weighted by Crippen LogP contribution is -2.35. The topological polar surface area (TPSA) is 84.2 Å². The van der Waals surface area contributed by atoms with E-state index in [0.717, 1.165) is 5.69 Å². The Kier molecular flexibility index (Phi) is 4.45. The normalized spacial score (nSPS) is 13.9. The lowest BCUT2D eigenvalue weighted by molar-refractivity contribution is 0.295. The quantitative estimate of drug-likeness (QED) is 0.693. The molecule has 0 saturated carbocycles. The third-order valence-electron chi connectivity index (χ3n) is 2.39. The third kappa shape index (κ3) is 3.29. The number of aliphatic hydroxyl groups is 1. The van der Waals surface area contributed by atoms with Crippen LogP contribution in [-0.4, -0.2) is 41.7 Å². The first kappa shape index (κ1) is 13.1. The number of rotatable bonds is 6. The monoisotopic (exact) mass is 247 g/mol. The number of aryl methyl sites for hydroxylation is 1. The molecule has 2 N–H and O–H groups in total. The van der Waals surface area contributed by atoms with Gasteiger partial charge in [0.25, 0.3) is 0 Å². The van der Waals surface area contributed by atoms with Gasteiger partial charge in [-0.15, -0.1) is 0 Å². The highest BCUT2D eigenvalue weighted by Gasteiger charge is 2.18. The van der Waals surface area contributed by atoms with Crippen molar-refractivity contribution >= 4 is 10.0 Å². The van der Waals surface area contributed by atoms with Crippen molar-refractivity contribution in [1.29, 1.82) is 0 Å². The molecule has 0 bridgehead atoms. The molecule has 0 saturated heterocycles. The highest BCUT2D eigenvalue weighted by molar-refractivity contribution is 7.90. The molecule has 16 heavy (non-hydrogen) atoms. The Labute approximate surface area is 95.3 Å². The summed E-state index contributed by atoms with van der Waals surface area (Å²) >= 11 is 0. The number of nitrogens with one attached hydrogen (secondary N) is 1. The van der Waals surface area contributed by atoms with Crippen LogP contribution >= 0.6 is 0 Å². The van der Waals surface area contributed by atoms with E-state index in [4.69, 9.17) is 5.11 Å². The van der Waals surface area contributed by atoms with Crippen molar-refractivity contribution in [1.82, 2.24) is 14.5 Å². The zero-order valence-corrected chi connectivity index (χ0v) is 10.2. The number of aromatic nitrogens is 2. The molecular weight excluding hydrogens is 230 g/mol. The minimum absolute atomic E-state index is 0.312. The van der Waals surface area contributed by atoms with Crippen molar-refractivity contribution in [3.8, 4) is 0 Å². The first-order valence-electron chi connectivity index (χ1n) is 5.03. The summed E-state index contributed by atoms with van der Waals surface area (Å²) < 4.78 is 27.1.